The fourth-order valence-electron chi connectivity index (χ4n) is 3.87. The van der Waals surface area contributed by atoms with Crippen molar-refractivity contribution in [2.75, 3.05) is 19.6 Å². The number of hydrogen-bond donors (Lipinski definition) is 1. The summed E-state index contributed by atoms with van der Waals surface area (Å²) in [6.45, 7) is 5.82. The predicted molar refractivity (Wildman–Crippen MR) is 98.5 cm³/mol. The molecule has 2 aromatic rings. The van der Waals surface area contributed by atoms with Crippen LogP contribution in [0.15, 0.2) is 30.5 Å². The lowest BCUT2D eigenvalue weighted by molar-refractivity contribution is -0.136. The Morgan fingerprint density at radius 1 is 1.30 bits per heavy atom. The molecule has 1 unspecified atom stereocenters. The van der Waals surface area contributed by atoms with Gasteiger partial charge in [-0.25, -0.2) is 4.79 Å². The van der Waals surface area contributed by atoms with E-state index in [1.54, 1.807) is 23.1 Å². The zero-order valence-electron chi connectivity index (χ0n) is 15.5. The van der Waals surface area contributed by atoms with E-state index in [9.17, 15) is 18.0 Å². The molecule has 0 saturated carbocycles. The summed E-state index contributed by atoms with van der Waals surface area (Å²) in [5, 5.41) is 3.40. The third kappa shape index (κ3) is 4.17. The summed E-state index contributed by atoms with van der Waals surface area (Å²) >= 11 is 0. The number of aromatic nitrogens is 1. The van der Waals surface area contributed by atoms with Crippen molar-refractivity contribution in [2.24, 2.45) is 5.92 Å². The summed E-state index contributed by atoms with van der Waals surface area (Å²) in [7, 11) is 0. The van der Waals surface area contributed by atoms with Crippen molar-refractivity contribution in [3.05, 3.63) is 41.6 Å². The Morgan fingerprint density at radius 3 is 2.78 bits per heavy atom. The Kier molecular flexibility index (Phi) is 5.58. The van der Waals surface area contributed by atoms with Gasteiger partial charge in [-0.15, -0.1) is 0 Å². The maximum atomic E-state index is 13.3. The molecule has 4 nitrogen and oxygen atoms in total. The molecule has 1 aromatic carbocycles. The molecule has 0 aliphatic carbocycles. The molecule has 0 radical (unpaired) electrons. The number of nitrogens with zero attached hydrogens (tertiary/aromatic N) is 2. The maximum absolute atomic E-state index is 13.3. The number of carbonyl (C=O) groups excluding carboxylic acids is 1. The van der Waals surface area contributed by atoms with Gasteiger partial charge in [0.25, 0.3) is 0 Å². The van der Waals surface area contributed by atoms with E-state index in [1.165, 1.54) is 6.20 Å². The van der Waals surface area contributed by atoms with E-state index >= 15 is 0 Å². The van der Waals surface area contributed by atoms with Crippen molar-refractivity contribution in [1.82, 2.24) is 15.2 Å². The van der Waals surface area contributed by atoms with Gasteiger partial charge in [-0.1, -0.05) is 26.0 Å². The minimum absolute atomic E-state index is 0.0184. The molecule has 1 aliphatic heterocycles. The second-order valence-corrected chi connectivity index (χ2v) is 7.27. The second kappa shape index (κ2) is 7.74. The van der Waals surface area contributed by atoms with Gasteiger partial charge in [-0.2, -0.15) is 13.2 Å². The van der Waals surface area contributed by atoms with Crippen LogP contribution in [0.2, 0.25) is 0 Å². The average molecular weight is 379 g/mol. The second-order valence-electron chi connectivity index (χ2n) is 7.27. The Balaban J connectivity index is 1.96. The van der Waals surface area contributed by atoms with Gasteiger partial charge >= 0.3 is 12.2 Å². The van der Waals surface area contributed by atoms with E-state index in [4.69, 9.17) is 0 Å². The smallest absolute Gasteiger partial charge is 0.338 e. The molecule has 146 valence electrons. The molecule has 2 heterocycles. The van der Waals surface area contributed by atoms with Crippen LogP contribution < -0.4 is 5.32 Å². The highest BCUT2D eigenvalue weighted by molar-refractivity contribution is 5.86. The van der Waals surface area contributed by atoms with Crippen molar-refractivity contribution in [1.29, 1.82) is 0 Å². The first-order chi connectivity index (χ1) is 12.8. The maximum Gasteiger partial charge on any atom is 0.418 e. The lowest BCUT2D eigenvalue weighted by atomic mass is 9.83. The first-order valence-electron chi connectivity index (χ1n) is 9.28. The number of likely N-dealkylation sites (tertiary alicyclic amines) is 1. The third-order valence-corrected chi connectivity index (χ3v) is 5.02. The standard InChI is InChI=1S/C20H24F3N3O/c1-3-8-25-19(27)26-11-13(2)10-14(12-26)15-6-7-17(20(21,22)23)18-16(15)5-4-9-24-18/h4-7,9,13-14H,3,8,10-12H2,1-2H3,(H,25,27)/t13?,14-/m1/s1. The van der Waals surface area contributed by atoms with Gasteiger partial charge in [0.15, 0.2) is 0 Å². The summed E-state index contributed by atoms with van der Waals surface area (Å²) in [5.41, 5.74) is 0.0805. The van der Waals surface area contributed by atoms with Gasteiger partial charge in [0, 0.05) is 37.1 Å². The fourth-order valence-corrected chi connectivity index (χ4v) is 3.87. The quantitative estimate of drug-likeness (QED) is 0.833. The number of piperidine rings is 1. The molecule has 0 bridgehead atoms. The van der Waals surface area contributed by atoms with Crippen LogP contribution in [0.3, 0.4) is 0 Å². The highest BCUT2D eigenvalue weighted by atomic mass is 19.4. The van der Waals surface area contributed by atoms with Crippen LogP contribution in [0, 0.1) is 5.92 Å². The normalized spacial score (nSPS) is 20.7. The fraction of sp³-hybridized carbons (Fsp3) is 0.500. The molecule has 1 aromatic heterocycles. The van der Waals surface area contributed by atoms with E-state index < -0.39 is 11.7 Å². The number of pyridine rings is 1. The van der Waals surface area contributed by atoms with E-state index in [2.05, 4.69) is 17.2 Å². The Labute approximate surface area is 156 Å². The van der Waals surface area contributed by atoms with Crippen molar-refractivity contribution < 1.29 is 18.0 Å². The van der Waals surface area contributed by atoms with Crippen LogP contribution in [0.25, 0.3) is 10.9 Å². The molecule has 7 heteroatoms. The number of amides is 2. The number of alkyl halides is 3. The number of rotatable bonds is 3. The van der Waals surface area contributed by atoms with E-state index in [0.717, 1.165) is 24.5 Å². The number of nitrogens with one attached hydrogen (secondary N) is 1. The van der Waals surface area contributed by atoms with Crippen molar-refractivity contribution in [2.45, 2.75) is 38.8 Å². The Hall–Kier alpha value is -2.31. The zero-order valence-corrected chi connectivity index (χ0v) is 15.5. The Bertz CT molecular complexity index is 822. The molecule has 2 amide bonds. The van der Waals surface area contributed by atoms with E-state index in [-0.39, 0.29) is 23.4 Å². The summed E-state index contributed by atoms with van der Waals surface area (Å²) < 4.78 is 40.0. The number of carbonyl (C=O) groups is 1. The van der Waals surface area contributed by atoms with E-state index in [0.29, 0.717) is 25.0 Å². The van der Waals surface area contributed by atoms with Crippen LogP contribution in [0.5, 0.6) is 0 Å². The molecule has 27 heavy (non-hydrogen) atoms. The van der Waals surface area contributed by atoms with Gasteiger partial charge in [0.1, 0.15) is 0 Å². The summed E-state index contributed by atoms with van der Waals surface area (Å²) in [6, 6.07) is 5.91. The Morgan fingerprint density at radius 2 is 2.07 bits per heavy atom. The molecule has 1 fully saturated rings. The number of hydrogen-bond acceptors (Lipinski definition) is 2. The molecule has 0 spiro atoms. The third-order valence-electron chi connectivity index (χ3n) is 5.02. The lowest BCUT2D eigenvalue weighted by Crippen LogP contribution is -2.47. The summed E-state index contributed by atoms with van der Waals surface area (Å²) in [4.78, 5) is 18.2. The largest absolute Gasteiger partial charge is 0.418 e. The minimum Gasteiger partial charge on any atom is -0.338 e. The van der Waals surface area contributed by atoms with Crippen LogP contribution in [-0.4, -0.2) is 35.5 Å². The van der Waals surface area contributed by atoms with Gasteiger partial charge in [0.05, 0.1) is 11.1 Å². The zero-order chi connectivity index (χ0) is 19.6. The number of halogens is 3. The van der Waals surface area contributed by atoms with Crippen LogP contribution >= 0.6 is 0 Å². The SMILES string of the molecule is CCCNC(=O)N1CC(C)C[C@@H](c2ccc(C(F)(F)F)c3ncccc23)C1. The number of urea groups is 1. The summed E-state index contributed by atoms with van der Waals surface area (Å²) in [6.07, 6.45) is -1.38. The van der Waals surface area contributed by atoms with Gasteiger partial charge < -0.3 is 10.2 Å². The lowest BCUT2D eigenvalue weighted by Gasteiger charge is -2.37. The number of benzene rings is 1. The van der Waals surface area contributed by atoms with Crippen LogP contribution in [0.1, 0.15) is 43.7 Å². The molecule has 3 rings (SSSR count). The molecule has 1 aliphatic rings. The molecular formula is C20H24F3N3O. The topological polar surface area (TPSA) is 45.2 Å². The molecular weight excluding hydrogens is 355 g/mol. The van der Waals surface area contributed by atoms with Crippen molar-refractivity contribution in [3.63, 3.8) is 0 Å². The number of fused-ring (bicyclic) bond motifs is 1. The monoisotopic (exact) mass is 379 g/mol. The molecule has 1 N–H and O–H groups in total. The molecule has 2 atom stereocenters. The van der Waals surface area contributed by atoms with Gasteiger partial charge in [-0.05, 0) is 36.5 Å². The summed E-state index contributed by atoms with van der Waals surface area (Å²) in [5.74, 6) is 0.250. The van der Waals surface area contributed by atoms with Crippen molar-refractivity contribution >= 4 is 16.9 Å². The minimum atomic E-state index is -4.45. The van der Waals surface area contributed by atoms with Gasteiger partial charge in [-0.3, -0.25) is 4.98 Å². The molecule has 1 saturated heterocycles. The van der Waals surface area contributed by atoms with Crippen LogP contribution in [-0.2, 0) is 6.18 Å². The average Bonchev–Trinajstić information content (AvgIpc) is 2.63. The highest BCUT2D eigenvalue weighted by Crippen LogP contribution is 2.39. The first-order valence-corrected chi connectivity index (χ1v) is 9.28. The first kappa shape index (κ1) is 19.5. The van der Waals surface area contributed by atoms with E-state index in [1.807, 2.05) is 6.92 Å². The van der Waals surface area contributed by atoms with Gasteiger partial charge in [0.2, 0.25) is 0 Å². The van der Waals surface area contributed by atoms with Crippen LogP contribution in [0.4, 0.5) is 18.0 Å². The predicted octanol–water partition coefficient (Wildman–Crippen LogP) is 4.80. The highest BCUT2D eigenvalue weighted by Gasteiger charge is 2.35. The van der Waals surface area contributed by atoms with Crippen molar-refractivity contribution in [3.8, 4) is 0 Å².